The lowest BCUT2D eigenvalue weighted by Gasteiger charge is -2.34. The Morgan fingerprint density at radius 1 is 1.06 bits per heavy atom. The number of pyridine rings is 1. The van der Waals surface area contributed by atoms with Crippen LogP contribution in [0.5, 0.6) is 17.2 Å². The lowest BCUT2D eigenvalue weighted by atomic mass is 9.75. The first-order valence-corrected chi connectivity index (χ1v) is 11.2. The Morgan fingerprint density at radius 3 is 2.38 bits per heavy atom. The first-order chi connectivity index (χ1) is 16.4. The van der Waals surface area contributed by atoms with Gasteiger partial charge in [-0.05, 0) is 62.1 Å². The molecule has 178 valence electrons. The lowest BCUT2D eigenvalue weighted by molar-refractivity contribution is -0.116. The Balaban J connectivity index is 1.87. The molecule has 0 spiro atoms. The third-order valence-electron chi connectivity index (χ3n) is 6.20. The van der Waals surface area contributed by atoms with Crippen molar-refractivity contribution in [2.75, 3.05) is 26.6 Å². The number of methoxy groups -OCH3 is 3. The second-order valence-electron chi connectivity index (χ2n) is 8.40. The van der Waals surface area contributed by atoms with Crippen LogP contribution >= 0.6 is 0 Å². The van der Waals surface area contributed by atoms with Gasteiger partial charge in [-0.3, -0.25) is 9.59 Å². The smallest absolute Gasteiger partial charge is 0.255 e. The monoisotopic (exact) mass is 463 g/mol. The molecule has 0 bridgehead atoms. The van der Waals surface area contributed by atoms with E-state index in [-0.39, 0.29) is 11.7 Å². The first kappa shape index (κ1) is 23.4. The zero-order chi connectivity index (χ0) is 24.4. The van der Waals surface area contributed by atoms with Crippen LogP contribution in [0, 0.1) is 6.92 Å². The predicted molar refractivity (Wildman–Crippen MR) is 128 cm³/mol. The van der Waals surface area contributed by atoms with E-state index in [9.17, 15) is 9.59 Å². The fourth-order valence-corrected chi connectivity index (χ4v) is 4.67. The van der Waals surface area contributed by atoms with Gasteiger partial charge in [-0.2, -0.15) is 0 Å². The van der Waals surface area contributed by atoms with Crippen molar-refractivity contribution in [1.29, 1.82) is 0 Å². The van der Waals surface area contributed by atoms with Crippen LogP contribution in [0.3, 0.4) is 0 Å². The summed E-state index contributed by atoms with van der Waals surface area (Å²) >= 11 is 0. The predicted octanol–water partition coefficient (Wildman–Crippen LogP) is 4.02. The molecule has 2 aliphatic rings. The molecule has 2 N–H and O–H groups in total. The summed E-state index contributed by atoms with van der Waals surface area (Å²) in [4.78, 5) is 31.0. The molecule has 0 fully saturated rings. The molecule has 1 atom stereocenters. The maximum Gasteiger partial charge on any atom is 0.255 e. The highest BCUT2D eigenvalue weighted by atomic mass is 16.5. The van der Waals surface area contributed by atoms with E-state index in [0.29, 0.717) is 51.9 Å². The van der Waals surface area contributed by atoms with Gasteiger partial charge in [0.15, 0.2) is 17.3 Å². The van der Waals surface area contributed by atoms with Gasteiger partial charge in [0.1, 0.15) is 5.82 Å². The summed E-state index contributed by atoms with van der Waals surface area (Å²) in [5.41, 5.74) is 4.29. The van der Waals surface area contributed by atoms with E-state index in [0.717, 1.165) is 24.1 Å². The summed E-state index contributed by atoms with van der Waals surface area (Å²) in [5.74, 6) is 0.914. The highest BCUT2D eigenvalue weighted by Crippen LogP contribution is 2.47. The van der Waals surface area contributed by atoms with Gasteiger partial charge in [-0.25, -0.2) is 4.98 Å². The second-order valence-corrected chi connectivity index (χ2v) is 8.40. The molecule has 4 rings (SSSR count). The van der Waals surface area contributed by atoms with Crippen LogP contribution in [-0.4, -0.2) is 38.0 Å². The largest absolute Gasteiger partial charge is 0.493 e. The number of carbonyl (C=O) groups excluding carboxylic acids is 2. The van der Waals surface area contributed by atoms with E-state index in [4.69, 9.17) is 14.2 Å². The molecule has 0 unspecified atom stereocenters. The van der Waals surface area contributed by atoms with Crippen molar-refractivity contribution in [2.45, 2.75) is 39.0 Å². The van der Waals surface area contributed by atoms with Gasteiger partial charge < -0.3 is 24.8 Å². The molecule has 1 aliphatic heterocycles. The number of hydrogen-bond acceptors (Lipinski definition) is 7. The Bertz CT molecular complexity index is 1190. The van der Waals surface area contributed by atoms with Crippen molar-refractivity contribution in [3.63, 3.8) is 0 Å². The number of carbonyl (C=O) groups is 2. The number of aryl methyl sites for hydroxylation is 1. The number of amides is 1. The summed E-state index contributed by atoms with van der Waals surface area (Å²) in [6.07, 6.45) is 3.60. The van der Waals surface area contributed by atoms with Crippen LogP contribution in [0.4, 0.5) is 5.82 Å². The van der Waals surface area contributed by atoms with E-state index in [1.165, 1.54) is 21.3 Å². The van der Waals surface area contributed by atoms with Gasteiger partial charge in [0.25, 0.3) is 5.91 Å². The van der Waals surface area contributed by atoms with Crippen LogP contribution in [0.15, 0.2) is 53.0 Å². The van der Waals surface area contributed by atoms with Crippen molar-refractivity contribution >= 4 is 17.5 Å². The quantitative estimate of drug-likeness (QED) is 0.668. The third-order valence-corrected chi connectivity index (χ3v) is 6.20. The molecule has 8 nitrogen and oxygen atoms in total. The average molecular weight is 464 g/mol. The van der Waals surface area contributed by atoms with Gasteiger partial charge in [-0.15, -0.1) is 0 Å². The number of dihydropyridines is 1. The third kappa shape index (κ3) is 4.23. The summed E-state index contributed by atoms with van der Waals surface area (Å²) in [5, 5.41) is 6.23. The number of ether oxygens (including phenoxy) is 3. The number of rotatable bonds is 6. The van der Waals surface area contributed by atoms with Crippen LogP contribution in [0.1, 0.15) is 43.2 Å². The number of hydrogen-bond donors (Lipinski definition) is 2. The van der Waals surface area contributed by atoms with Gasteiger partial charge in [0.2, 0.25) is 5.75 Å². The van der Waals surface area contributed by atoms with Crippen molar-refractivity contribution in [2.24, 2.45) is 0 Å². The van der Waals surface area contributed by atoms with E-state index in [2.05, 4.69) is 15.6 Å². The summed E-state index contributed by atoms with van der Waals surface area (Å²) < 4.78 is 16.6. The zero-order valence-corrected chi connectivity index (χ0v) is 20.1. The van der Waals surface area contributed by atoms with Gasteiger partial charge in [0, 0.05) is 41.1 Å². The number of aromatic nitrogens is 1. The molecule has 1 amide bonds. The number of allylic oxidation sites excluding steroid dienone is 3. The van der Waals surface area contributed by atoms with Gasteiger partial charge in [-0.1, -0.05) is 0 Å². The van der Waals surface area contributed by atoms with Crippen LogP contribution in [-0.2, 0) is 9.59 Å². The molecule has 2 aromatic rings. The Morgan fingerprint density at radius 2 is 1.76 bits per heavy atom. The standard InChI is InChI=1S/C26H29N3O5/c1-14-9-10-27-21(11-14)29-26(31)22-15(2)28-17-7-6-8-18(30)24(17)23(22)16-12-19(32-3)25(34-5)20(13-16)33-4/h9-13,23,28H,6-8H2,1-5H3,(H,27,29,31)/t23-/m0/s1. The molecule has 8 heteroatoms. The molecule has 1 aliphatic carbocycles. The Hall–Kier alpha value is -3.81. The molecule has 0 saturated carbocycles. The summed E-state index contributed by atoms with van der Waals surface area (Å²) in [6.45, 7) is 3.78. The topological polar surface area (TPSA) is 98.8 Å². The van der Waals surface area contributed by atoms with Crippen LogP contribution in [0.2, 0.25) is 0 Å². The fourth-order valence-electron chi connectivity index (χ4n) is 4.67. The van der Waals surface area contributed by atoms with Gasteiger partial charge >= 0.3 is 0 Å². The van der Waals surface area contributed by atoms with Crippen LogP contribution in [0.25, 0.3) is 0 Å². The maximum absolute atomic E-state index is 13.6. The number of Topliss-reactive ketones (excluding diaryl/α,β-unsaturated/α-hetero) is 1. The zero-order valence-electron chi connectivity index (χ0n) is 20.1. The lowest BCUT2D eigenvalue weighted by Crippen LogP contribution is -2.35. The fraction of sp³-hybridized carbons (Fsp3) is 0.346. The SMILES string of the molecule is COc1cc([C@H]2C(C(=O)Nc3cc(C)ccn3)=C(C)NC3=C2C(=O)CCC3)cc(OC)c1OC. The number of anilines is 1. The number of benzene rings is 1. The minimum absolute atomic E-state index is 0.0268. The average Bonchev–Trinajstić information content (AvgIpc) is 2.82. The molecule has 1 aromatic carbocycles. The Labute approximate surface area is 199 Å². The maximum atomic E-state index is 13.6. The van der Waals surface area contributed by atoms with Crippen LogP contribution < -0.4 is 24.8 Å². The highest BCUT2D eigenvalue weighted by Gasteiger charge is 2.39. The van der Waals surface area contributed by atoms with Crippen molar-refractivity contribution in [1.82, 2.24) is 10.3 Å². The van der Waals surface area contributed by atoms with E-state index in [1.807, 2.05) is 19.9 Å². The Kier molecular flexibility index (Phi) is 6.58. The normalized spacial score (nSPS) is 17.7. The minimum Gasteiger partial charge on any atom is -0.493 e. The first-order valence-electron chi connectivity index (χ1n) is 11.2. The molecular weight excluding hydrogens is 434 g/mol. The molecular formula is C26H29N3O5. The number of nitrogens with zero attached hydrogens (tertiary/aromatic N) is 1. The van der Waals surface area contributed by atoms with E-state index in [1.54, 1.807) is 24.4 Å². The molecule has 0 radical (unpaired) electrons. The molecule has 0 saturated heterocycles. The molecule has 2 heterocycles. The number of nitrogens with one attached hydrogen (secondary N) is 2. The summed E-state index contributed by atoms with van der Waals surface area (Å²) in [6, 6.07) is 7.26. The minimum atomic E-state index is -0.595. The van der Waals surface area contributed by atoms with E-state index >= 15 is 0 Å². The molecule has 34 heavy (non-hydrogen) atoms. The highest BCUT2D eigenvalue weighted by molar-refractivity contribution is 6.09. The van der Waals surface area contributed by atoms with Crippen molar-refractivity contribution < 1.29 is 23.8 Å². The van der Waals surface area contributed by atoms with Gasteiger partial charge in [0.05, 0.1) is 21.3 Å². The van der Waals surface area contributed by atoms with Crippen molar-refractivity contribution in [3.8, 4) is 17.2 Å². The molecule has 1 aromatic heterocycles. The second kappa shape index (κ2) is 9.59. The van der Waals surface area contributed by atoms with Crippen molar-refractivity contribution in [3.05, 3.63) is 64.1 Å². The number of ketones is 1. The summed E-state index contributed by atoms with van der Waals surface area (Å²) in [7, 11) is 4.61. The van der Waals surface area contributed by atoms with E-state index < -0.39 is 5.92 Å².